The zero-order chi connectivity index (χ0) is 18.9. The summed E-state index contributed by atoms with van der Waals surface area (Å²) in [4.78, 5) is 28.2. The number of anilines is 1. The predicted octanol–water partition coefficient (Wildman–Crippen LogP) is 2.23. The minimum atomic E-state index is -0.438. The first kappa shape index (κ1) is 18.9. The molecule has 0 saturated carbocycles. The van der Waals surface area contributed by atoms with Crippen molar-refractivity contribution in [2.24, 2.45) is 5.10 Å². The van der Waals surface area contributed by atoms with Gasteiger partial charge in [0.25, 0.3) is 5.91 Å². The first-order valence-corrected chi connectivity index (χ1v) is 7.79. The number of benzene rings is 1. The fourth-order valence-corrected chi connectivity index (χ4v) is 2.04. The van der Waals surface area contributed by atoms with E-state index in [4.69, 9.17) is 9.47 Å². The van der Waals surface area contributed by atoms with Crippen LogP contribution in [0.3, 0.4) is 0 Å². The predicted molar refractivity (Wildman–Crippen MR) is 97.6 cm³/mol. The number of rotatable bonds is 7. The van der Waals surface area contributed by atoms with Gasteiger partial charge in [-0.05, 0) is 31.2 Å². The van der Waals surface area contributed by atoms with Crippen molar-refractivity contribution in [3.63, 3.8) is 0 Å². The number of methoxy groups -OCH3 is 2. The maximum absolute atomic E-state index is 12.2. The molecule has 8 nitrogen and oxygen atoms in total. The summed E-state index contributed by atoms with van der Waals surface area (Å²) in [5, 5.41) is 6.59. The van der Waals surface area contributed by atoms with Gasteiger partial charge < -0.3 is 14.8 Å². The van der Waals surface area contributed by atoms with Crippen LogP contribution < -0.4 is 20.2 Å². The molecular formula is C18H20N4O4. The Balaban J connectivity index is 1.95. The topological polar surface area (TPSA) is 102 Å². The van der Waals surface area contributed by atoms with Gasteiger partial charge in [-0.25, -0.2) is 10.4 Å². The first-order valence-electron chi connectivity index (χ1n) is 7.79. The van der Waals surface area contributed by atoms with Crippen LogP contribution in [0.4, 0.5) is 5.82 Å². The molecule has 136 valence electrons. The van der Waals surface area contributed by atoms with Crippen LogP contribution in [-0.2, 0) is 4.79 Å². The fraction of sp³-hybridized carbons (Fsp3) is 0.222. The zero-order valence-corrected chi connectivity index (χ0v) is 14.8. The molecule has 0 bridgehead atoms. The first-order chi connectivity index (χ1) is 12.5. The molecule has 2 rings (SSSR count). The molecule has 0 saturated heterocycles. The van der Waals surface area contributed by atoms with Crippen molar-refractivity contribution in [1.29, 1.82) is 0 Å². The molecule has 0 spiro atoms. The van der Waals surface area contributed by atoms with Crippen molar-refractivity contribution in [3.05, 3.63) is 48.2 Å². The van der Waals surface area contributed by atoms with Gasteiger partial charge in [0.05, 0.1) is 20.6 Å². The number of hydrogen-bond acceptors (Lipinski definition) is 6. The molecule has 1 aromatic carbocycles. The number of hydrogen-bond donors (Lipinski definition) is 2. The Labute approximate surface area is 151 Å². The second-order valence-corrected chi connectivity index (χ2v) is 5.33. The van der Waals surface area contributed by atoms with E-state index in [0.717, 1.165) is 0 Å². The second-order valence-electron chi connectivity index (χ2n) is 5.33. The number of nitrogens with zero attached hydrogens (tertiary/aromatic N) is 2. The van der Waals surface area contributed by atoms with Gasteiger partial charge in [0.1, 0.15) is 17.3 Å². The van der Waals surface area contributed by atoms with Gasteiger partial charge >= 0.3 is 0 Å². The number of carbonyl (C=O) groups excluding carboxylic acids is 2. The maximum atomic E-state index is 12.2. The number of nitrogens with one attached hydrogen (secondary N) is 2. The van der Waals surface area contributed by atoms with Crippen LogP contribution in [0.2, 0.25) is 0 Å². The number of amides is 2. The fourth-order valence-electron chi connectivity index (χ4n) is 2.04. The summed E-state index contributed by atoms with van der Waals surface area (Å²) in [7, 11) is 3.00. The molecule has 1 heterocycles. The van der Waals surface area contributed by atoms with E-state index in [9.17, 15) is 9.59 Å². The molecule has 0 fully saturated rings. The summed E-state index contributed by atoms with van der Waals surface area (Å²) in [6.07, 6.45) is 1.61. The Hall–Kier alpha value is -3.42. The number of ether oxygens (including phenoxy) is 2. The summed E-state index contributed by atoms with van der Waals surface area (Å²) in [6.45, 7) is 1.64. The van der Waals surface area contributed by atoms with E-state index in [-0.39, 0.29) is 12.3 Å². The molecule has 2 N–H and O–H groups in total. The van der Waals surface area contributed by atoms with E-state index < -0.39 is 5.91 Å². The Bertz CT molecular complexity index is 784. The standard InChI is InChI=1S/C18H20N4O4/c1-12(8-17(23)20-16-6-4-5-7-19-16)21-22-18(24)13-9-14(25-2)11-15(10-13)26-3/h4-7,9-11H,8H2,1-3H3,(H,22,24)(H,19,20,23)/b21-12-. The lowest BCUT2D eigenvalue weighted by Gasteiger charge is -2.08. The van der Waals surface area contributed by atoms with Crippen molar-refractivity contribution < 1.29 is 19.1 Å². The van der Waals surface area contributed by atoms with Crippen LogP contribution in [0.15, 0.2) is 47.7 Å². The molecule has 2 aromatic rings. The second kappa shape index (κ2) is 9.16. The van der Waals surface area contributed by atoms with Gasteiger partial charge in [0, 0.05) is 23.5 Å². The van der Waals surface area contributed by atoms with E-state index in [1.165, 1.54) is 14.2 Å². The lowest BCUT2D eigenvalue weighted by Crippen LogP contribution is -2.21. The number of aromatic nitrogens is 1. The van der Waals surface area contributed by atoms with Gasteiger partial charge in [-0.2, -0.15) is 5.10 Å². The average molecular weight is 356 g/mol. The van der Waals surface area contributed by atoms with Crippen LogP contribution in [0.5, 0.6) is 11.5 Å². The van der Waals surface area contributed by atoms with Gasteiger partial charge in [-0.3, -0.25) is 9.59 Å². The monoisotopic (exact) mass is 356 g/mol. The molecule has 0 aliphatic rings. The normalized spacial score (nSPS) is 10.8. The summed E-state index contributed by atoms with van der Waals surface area (Å²) < 4.78 is 10.3. The molecule has 8 heteroatoms. The number of pyridine rings is 1. The molecule has 2 amide bonds. The van der Waals surface area contributed by atoms with Crippen molar-refractivity contribution in [3.8, 4) is 11.5 Å². The Morgan fingerprint density at radius 2 is 1.81 bits per heavy atom. The minimum Gasteiger partial charge on any atom is -0.497 e. The summed E-state index contributed by atoms with van der Waals surface area (Å²) in [5.41, 5.74) is 3.19. The molecule has 0 unspecified atom stereocenters. The van der Waals surface area contributed by atoms with E-state index >= 15 is 0 Å². The quantitative estimate of drug-likeness (QED) is 0.585. The van der Waals surface area contributed by atoms with Crippen molar-refractivity contribution in [2.45, 2.75) is 13.3 Å². The van der Waals surface area contributed by atoms with Crippen LogP contribution >= 0.6 is 0 Å². The van der Waals surface area contributed by atoms with Gasteiger partial charge in [0.2, 0.25) is 5.91 Å². The van der Waals surface area contributed by atoms with E-state index in [0.29, 0.717) is 28.6 Å². The van der Waals surface area contributed by atoms with E-state index in [2.05, 4.69) is 20.8 Å². The van der Waals surface area contributed by atoms with E-state index in [1.54, 1.807) is 49.5 Å². The molecule has 0 atom stereocenters. The van der Waals surface area contributed by atoms with Crippen LogP contribution in [0.25, 0.3) is 0 Å². The molecule has 26 heavy (non-hydrogen) atoms. The lowest BCUT2D eigenvalue weighted by molar-refractivity contribution is -0.115. The Kier molecular flexibility index (Phi) is 6.67. The van der Waals surface area contributed by atoms with Gasteiger partial charge in [-0.1, -0.05) is 6.07 Å². The van der Waals surface area contributed by atoms with Gasteiger partial charge in [-0.15, -0.1) is 0 Å². The third-order valence-corrected chi connectivity index (χ3v) is 3.31. The highest BCUT2D eigenvalue weighted by atomic mass is 16.5. The SMILES string of the molecule is COc1cc(OC)cc(C(=O)N/N=C(/C)CC(=O)Nc2ccccn2)c1. The highest BCUT2D eigenvalue weighted by Crippen LogP contribution is 2.22. The zero-order valence-electron chi connectivity index (χ0n) is 14.8. The van der Waals surface area contributed by atoms with Crippen molar-refractivity contribution in [2.75, 3.05) is 19.5 Å². The Morgan fingerprint density at radius 3 is 2.38 bits per heavy atom. The van der Waals surface area contributed by atoms with Gasteiger partial charge in [0.15, 0.2) is 0 Å². The maximum Gasteiger partial charge on any atom is 0.271 e. The Morgan fingerprint density at radius 1 is 1.12 bits per heavy atom. The van der Waals surface area contributed by atoms with E-state index in [1.807, 2.05) is 0 Å². The smallest absolute Gasteiger partial charge is 0.271 e. The van der Waals surface area contributed by atoms with Crippen molar-refractivity contribution >= 4 is 23.3 Å². The molecule has 0 aliphatic carbocycles. The third kappa shape index (κ3) is 5.59. The minimum absolute atomic E-state index is 0.0261. The average Bonchev–Trinajstić information content (AvgIpc) is 2.66. The number of hydrazone groups is 1. The summed E-state index contributed by atoms with van der Waals surface area (Å²) >= 11 is 0. The van der Waals surface area contributed by atoms with Crippen molar-refractivity contribution in [1.82, 2.24) is 10.4 Å². The highest BCUT2D eigenvalue weighted by Gasteiger charge is 2.10. The molecule has 0 aliphatic heterocycles. The third-order valence-electron chi connectivity index (χ3n) is 3.31. The summed E-state index contributed by atoms with van der Waals surface area (Å²) in [6, 6.07) is 10.0. The molecular weight excluding hydrogens is 336 g/mol. The van der Waals surface area contributed by atoms with Crippen LogP contribution in [-0.4, -0.2) is 36.7 Å². The largest absolute Gasteiger partial charge is 0.497 e. The van der Waals surface area contributed by atoms with Crippen LogP contribution in [0.1, 0.15) is 23.7 Å². The summed E-state index contributed by atoms with van der Waals surface area (Å²) in [5.74, 6) is 0.724. The van der Waals surface area contributed by atoms with Crippen LogP contribution in [0, 0.1) is 0 Å². The molecule has 0 radical (unpaired) electrons. The highest BCUT2D eigenvalue weighted by molar-refractivity contribution is 6.05. The number of carbonyl (C=O) groups is 2. The molecule has 1 aromatic heterocycles. The lowest BCUT2D eigenvalue weighted by atomic mass is 10.2.